The number of nitrogens with one attached hydrogen (secondary N) is 2. The summed E-state index contributed by atoms with van der Waals surface area (Å²) in [6, 6.07) is 2.58. The average molecular weight is 583 g/mol. The second-order valence-electron chi connectivity index (χ2n) is 10.0. The molecule has 3 aliphatic rings. The monoisotopic (exact) mass is 582 g/mol. The molecule has 13 heteroatoms. The zero-order valence-electron chi connectivity index (χ0n) is 20.8. The molecule has 2 saturated carbocycles. The quantitative estimate of drug-likeness (QED) is 0.391. The Labute approximate surface area is 231 Å². The van der Waals surface area contributed by atoms with Gasteiger partial charge < -0.3 is 20.5 Å². The molecule has 5 atom stereocenters. The van der Waals surface area contributed by atoms with Gasteiger partial charge in [0.25, 0.3) is 5.92 Å². The van der Waals surface area contributed by atoms with Crippen LogP contribution in [0.2, 0.25) is 5.02 Å². The van der Waals surface area contributed by atoms with E-state index in [1.54, 1.807) is 17.6 Å². The third-order valence-electron chi connectivity index (χ3n) is 7.66. The maximum atomic E-state index is 14.9. The number of carbonyl (C=O) groups is 2. The molecule has 0 spiro atoms. The van der Waals surface area contributed by atoms with Crippen LogP contribution in [0.4, 0.5) is 13.2 Å². The summed E-state index contributed by atoms with van der Waals surface area (Å²) in [7, 11) is 1.20. The number of rotatable bonds is 8. The number of fused-ring (bicyclic) bond motifs is 2. The number of carbonyl (C=O) groups excluding carboxylic acids is 1. The van der Waals surface area contributed by atoms with Crippen molar-refractivity contribution in [2.75, 3.05) is 13.7 Å². The van der Waals surface area contributed by atoms with Crippen LogP contribution in [0.5, 0.6) is 0 Å². The minimum atomic E-state index is -2.93. The molecule has 1 unspecified atom stereocenters. The molecule has 1 aromatic heterocycles. The SMILES string of the molecule is COC(=O)C1=C(CNC2[C@@H]3C[C@H](CC(=O)O)C[C@H]2C(F)(F)C3)NC(c2nccs2)=N[C@H]1c1cccc(F)c1Cl. The van der Waals surface area contributed by atoms with Crippen molar-refractivity contribution in [1.29, 1.82) is 0 Å². The topological polar surface area (TPSA) is 113 Å². The van der Waals surface area contributed by atoms with Gasteiger partial charge in [0.2, 0.25) is 0 Å². The maximum Gasteiger partial charge on any atom is 0.338 e. The third-order valence-corrected chi connectivity index (χ3v) is 8.84. The van der Waals surface area contributed by atoms with E-state index in [2.05, 4.69) is 20.6 Å². The molecule has 2 heterocycles. The number of nitrogens with zero attached hydrogens (tertiary/aromatic N) is 2. The lowest BCUT2D eigenvalue weighted by atomic mass is 9.75. The molecule has 39 heavy (non-hydrogen) atoms. The Hall–Kier alpha value is -2.96. The second-order valence-corrected chi connectivity index (χ2v) is 11.3. The van der Waals surface area contributed by atoms with Crippen LogP contribution in [0.25, 0.3) is 0 Å². The Bertz CT molecular complexity index is 1340. The number of aromatic nitrogens is 1. The molecule has 3 N–H and O–H groups in total. The second kappa shape index (κ2) is 10.9. The first-order valence-corrected chi connectivity index (χ1v) is 13.7. The highest BCUT2D eigenvalue weighted by Crippen LogP contribution is 2.54. The van der Waals surface area contributed by atoms with E-state index in [1.807, 2.05) is 0 Å². The molecule has 5 rings (SSSR count). The minimum Gasteiger partial charge on any atom is -0.481 e. The van der Waals surface area contributed by atoms with Gasteiger partial charge in [0.05, 0.1) is 17.7 Å². The molecule has 2 aliphatic carbocycles. The van der Waals surface area contributed by atoms with E-state index in [0.717, 1.165) is 0 Å². The van der Waals surface area contributed by atoms with E-state index in [4.69, 9.17) is 16.3 Å². The zero-order chi connectivity index (χ0) is 27.9. The van der Waals surface area contributed by atoms with Gasteiger partial charge >= 0.3 is 11.9 Å². The number of hydrogen-bond donors (Lipinski definition) is 3. The lowest BCUT2D eigenvalue weighted by molar-refractivity contribution is -0.139. The molecule has 0 saturated heterocycles. The molecule has 208 valence electrons. The highest BCUT2D eigenvalue weighted by molar-refractivity contribution is 7.11. The van der Waals surface area contributed by atoms with Crippen LogP contribution in [-0.4, -0.2) is 53.5 Å². The summed E-state index contributed by atoms with van der Waals surface area (Å²) in [4.78, 5) is 33.2. The van der Waals surface area contributed by atoms with Crippen LogP contribution in [0.15, 0.2) is 46.0 Å². The Morgan fingerprint density at radius 2 is 2.13 bits per heavy atom. The first-order valence-electron chi connectivity index (χ1n) is 12.4. The molecule has 8 nitrogen and oxygen atoms in total. The van der Waals surface area contributed by atoms with Gasteiger partial charge in [-0.2, -0.15) is 0 Å². The fourth-order valence-corrected chi connectivity index (χ4v) is 6.90. The number of ether oxygens (including phenoxy) is 1. The number of hydrogen-bond acceptors (Lipinski definition) is 8. The summed E-state index contributed by atoms with van der Waals surface area (Å²) in [6.07, 6.45) is 1.59. The van der Waals surface area contributed by atoms with Crippen LogP contribution in [0.1, 0.15) is 42.3 Å². The minimum absolute atomic E-state index is 0.0182. The third kappa shape index (κ3) is 5.42. The Balaban J connectivity index is 1.49. The first-order chi connectivity index (χ1) is 18.6. The predicted molar refractivity (Wildman–Crippen MR) is 138 cm³/mol. The van der Waals surface area contributed by atoms with Gasteiger partial charge in [-0.05, 0) is 30.7 Å². The maximum absolute atomic E-state index is 14.9. The number of aliphatic imine (C=N–C) groups is 1. The van der Waals surface area contributed by atoms with Crippen LogP contribution >= 0.6 is 22.9 Å². The highest BCUT2D eigenvalue weighted by Gasteiger charge is 2.58. The smallest absolute Gasteiger partial charge is 0.338 e. The number of carboxylic acids is 1. The molecular weight excluding hydrogens is 557 g/mol. The van der Waals surface area contributed by atoms with Crippen LogP contribution < -0.4 is 10.6 Å². The fourth-order valence-electron chi connectivity index (χ4n) is 6.09. The van der Waals surface area contributed by atoms with Gasteiger partial charge in [-0.25, -0.2) is 22.9 Å². The van der Waals surface area contributed by atoms with Gasteiger partial charge in [-0.15, -0.1) is 11.3 Å². The number of alkyl halides is 2. The van der Waals surface area contributed by atoms with Crippen molar-refractivity contribution in [1.82, 2.24) is 15.6 Å². The van der Waals surface area contributed by atoms with Gasteiger partial charge in [-0.3, -0.25) is 9.79 Å². The van der Waals surface area contributed by atoms with Crippen LogP contribution in [-0.2, 0) is 14.3 Å². The molecular formula is C26H26ClF3N4O4S. The number of benzene rings is 1. The molecule has 2 aromatic rings. The van der Waals surface area contributed by atoms with Gasteiger partial charge in [0, 0.05) is 54.2 Å². The number of aliphatic carboxylic acids is 1. The normalized spacial score (nSPS) is 27.6. The number of amidine groups is 1. The lowest BCUT2D eigenvalue weighted by Gasteiger charge is -2.36. The van der Waals surface area contributed by atoms with Crippen LogP contribution in [0.3, 0.4) is 0 Å². The van der Waals surface area contributed by atoms with E-state index in [0.29, 0.717) is 23.0 Å². The largest absolute Gasteiger partial charge is 0.481 e. The summed E-state index contributed by atoms with van der Waals surface area (Å²) in [5.41, 5.74) is 0.630. The van der Waals surface area contributed by atoms with Crippen molar-refractivity contribution in [2.45, 2.75) is 43.7 Å². The standard InChI is InChI=1S/C26H26ClF3N4O4S/c1-38-25(37)19-17(11-32-21-13-7-12(9-18(35)36)8-15(21)26(29,30)10-13)33-23(24-31-5-6-39-24)34-22(19)14-3-2-4-16(28)20(14)27/h2-6,12-13,15,21-22,32H,7-11H2,1H3,(H,33,34)(H,35,36)/t12-,13+,15+,21?,22-/m0/s1. The summed E-state index contributed by atoms with van der Waals surface area (Å²) in [5, 5.41) is 17.6. The van der Waals surface area contributed by atoms with E-state index < -0.39 is 47.6 Å². The van der Waals surface area contributed by atoms with E-state index in [-0.39, 0.29) is 47.9 Å². The van der Waals surface area contributed by atoms with Crippen molar-refractivity contribution in [3.05, 3.63) is 62.5 Å². The molecule has 1 aromatic carbocycles. The number of esters is 1. The summed E-state index contributed by atoms with van der Waals surface area (Å²) < 4.78 is 49.3. The Kier molecular flexibility index (Phi) is 7.71. The number of methoxy groups -OCH3 is 1. The van der Waals surface area contributed by atoms with Crippen LogP contribution in [0, 0.1) is 23.6 Å². The van der Waals surface area contributed by atoms with Gasteiger partial charge in [0.1, 0.15) is 11.9 Å². The van der Waals surface area contributed by atoms with Gasteiger partial charge in [-0.1, -0.05) is 23.7 Å². The number of halogens is 4. The van der Waals surface area contributed by atoms with E-state index in [9.17, 15) is 27.9 Å². The summed E-state index contributed by atoms with van der Waals surface area (Å²) in [5.74, 6) is -6.79. The predicted octanol–water partition coefficient (Wildman–Crippen LogP) is 4.57. The van der Waals surface area contributed by atoms with Crippen molar-refractivity contribution >= 4 is 40.7 Å². The summed E-state index contributed by atoms with van der Waals surface area (Å²) in [6.45, 7) is -0.0182. The summed E-state index contributed by atoms with van der Waals surface area (Å²) >= 11 is 7.59. The van der Waals surface area contributed by atoms with E-state index >= 15 is 0 Å². The molecule has 0 amide bonds. The molecule has 2 fully saturated rings. The van der Waals surface area contributed by atoms with Gasteiger partial charge in [0.15, 0.2) is 10.8 Å². The Morgan fingerprint density at radius 1 is 1.33 bits per heavy atom. The van der Waals surface area contributed by atoms with E-state index in [1.165, 1.54) is 30.6 Å². The zero-order valence-corrected chi connectivity index (χ0v) is 22.4. The number of carboxylic acid groups (broad SMARTS) is 1. The highest BCUT2D eigenvalue weighted by atomic mass is 35.5. The average Bonchev–Trinajstić information content (AvgIpc) is 3.47. The fraction of sp³-hybridized carbons (Fsp3) is 0.462. The molecule has 0 radical (unpaired) electrons. The Morgan fingerprint density at radius 3 is 2.79 bits per heavy atom. The van der Waals surface area contributed by atoms with Crippen molar-refractivity contribution in [3.8, 4) is 0 Å². The first kappa shape index (κ1) is 27.6. The lowest BCUT2D eigenvalue weighted by Crippen LogP contribution is -2.48. The number of thiazole rings is 1. The van der Waals surface area contributed by atoms with Crippen molar-refractivity contribution < 1.29 is 32.6 Å². The molecule has 2 bridgehead atoms. The van der Waals surface area contributed by atoms with Crippen molar-refractivity contribution in [2.24, 2.45) is 22.7 Å². The molecule has 1 aliphatic heterocycles. The van der Waals surface area contributed by atoms with Crippen molar-refractivity contribution in [3.63, 3.8) is 0 Å².